The number of aliphatic hydroxyl groups is 1. The van der Waals surface area contributed by atoms with Crippen LogP contribution in [0.1, 0.15) is 49.1 Å². The van der Waals surface area contributed by atoms with Gasteiger partial charge in [-0.15, -0.1) is 24.8 Å². The summed E-state index contributed by atoms with van der Waals surface area (Å²) in [6.45, 7) is 6.14. The summed E-state index contributed by atoms with van der Waals surface area (Å²) in [4.78, 5) is 4.84. The SMILES string of the molecule is Cl.Cl.OC(COc1ccc(C2CCCCC2)cc1)CN1CCN(Cc2ccccc2)CC1. The molecule has 6 heteroatoms. The largest absolute Gasteiger partial charge is 0.491 e. The van der Waals surface area contributed by atoms with E-state index in [2.05, 4.69) is 64.4 Å². The van der Waals surface area contributed by atoms with Crippen LogP contribution in [0.5, 0.6) is 5.75 Å². The van der Waals surface area contributed by atoms with Gasteiger partial charge in [-0.1, -0.05) is 61.7 Å². The van der Waals surface area contributed by atoms with Crippen molar-refractivity contribution in [3.05, 3.63) is 65.7 Å². The van der Waals surface area contributed by atoms with Crippen LogP contribution in [0.3, 0.4) is 0 Å². The lowest BCUT2D eigenvalue weighted by atomic mass is 9.84. The number of benzene rings is 2. The molecule has 1 aliphatic carbocycles. The molecule has 0 radical (unpaired) electrons. The highest BCUT2D eigenvalue weighted by Crippen LogP contribution is 2.33. The van der Waals surface area contributed by atoms with Gasteiger partial charge in [-0.2, -0.15) is 0 Å². The highest BCUT2D eigenvalue weighted by Gasteiger charge is 2.20. The molecule has 0 bridgehead atoms. The van der Waals surface area contributed by atoms with Crippen molar-refractivity contribution < 1.29 is 9.84 Å². The second kappa shape index (κ2) is 14.1. The number of piperazine rings is 1. The van der Waals surface area contributed by atoms with Gasteiger partial charge in [-0.25, -0.2) is 0 Å². The average Bonchev–Trinajstić information content (AvgIpc) is 2.81. The second-order valence-electron chi connectivity index (χ2n) is 8.93. The molecule has 2 aliphatic rings. The summed E-state index contributed by atoms with van der Waals surface area (Å²) in [5.74, 6) is 1.58. The summed E-state index contributed by atoms with van der Waals surface area (Å²) in [5.41, 5.74) is 2.81. The third-order valence-corrected chi connectivity index (χ3v) is 6.58. The average molecular weight is 482 g/mol. The molecule has 2 aromatic rings. The molecule has 0 aromatic heterocycles. The summed E-state index contributed by atoms with van der Waals surface area (Å²) in [5, 5.41) is 10.4. The molecule has 1 aliphatic heterocycles. The molecule has 4 nitrogen and oxygen atoms in total. The van der Waals surface area contributed by atoms with Crippen molar-refractivity contribution in [1.82, 2.24) is 9.80 Å². The monoisotopic (exact) mass is 480 g/mol. The van der Waals surface area contributed by atoms with Crippen LogP contribution >= 0.6 is 24.8 Å². The highest BCUT2D eigenvalue weighted by molar-refractivity contribution is 5.85. The van der Waals surface area contributed by atoms with Crippen molar-refractivity contribution in [2.75, 3.05) is 39.3 Å². The molecule has 1 N–H and O–H groups in total. The lowest BCUT2D eigenvalue weighted by Crippen LogP contribution is -2.48. The summed E-state index contributed by atoms with van der Waals surface area (Å²) < 4.78 is 5.86. The summed E-state index contributed by atoms with van der Waals surface area (Å²) in [6.07, 6.45) is 6.28. The molecule has 1 atom stereocenters. The fraction of sp³-hybridized carbons (Fsp3) is 0.538. The molecule has 0 amide bonds. The van der Waals surface area contributed by atoms with Crippen LogP contribution in [0.25, 0.3) is 0 Å². The zero-order valence-corrected chi connectivity index (χ0v) is 20.5. The van der Waals surface area contributed by atoms with E-state index in [0.29, 0.717) is 13.2 Å². The van der Waals surface area contributed by atoms with E-state index in [1.165, 1.54) is 43.2 Å². The zero-order valence-electron chi connectivity index (χ0n) is 18.9. The van der Waals surface area contributed by atoms with Gasteiger partial charge < -0.3 is 9.84 Å². The normalized spacial score (nSPS) is 18.9. The minimum atomic E-state index is -0.455. The van der Waals surface area contributed by atoms with E-state index in [1.54, 1.807) is 0 Å². The minimum Gasteiger partial charge on any atom is -0.491 e. The van der Waals surface area contributed by atoms with E-state index < -0.39 is 6.10 Å². The molecular weight excluding hydrogens is 443 g/mol. The third kappa shape index (κ3) is 8.24. The molecule has 2 aromatic carbocycles. The van der Waals surface area contributed by atoms with Crippen LogP contribution in [0.2, 0.25) is 0 Å². The Labute approximate surface area is 205 Å². The summed E-state index contributed by atoms with van der Waals surface area (Å²) in [7, 11) is 0. The lowest BCUT2D eigenvalue weighted by molar-refractivity contribution is 0.0446. The first kappa shape index (κ1) is 26.9. The van der Waals surface area contributed by atoms with Crippen molar-refractivity contribution in [2.24, 2.45) is 0 Å². The number of rotatable bonds is 8. The lowest BCUT2D eigenvalue weighted by Gasteiger charge is -2.35. The molecule has 1 saturated carbocycles. The highest BCUT2D eigenvalue weighted by atomic mass is 35.5. The van der Waals surface area contributed by atoms with Crippen LogP contribution < -0.4 is 4.74 Å². The molecule has 1 unspecified atom stereocenters. The molecule has 1 heterocycles. The molecule has 4 rings (SSSR count). The Balaban J connectivity index is 0.00000181. The fourth-order valence-corrected chi connectivity index (χ4v) is 4.79. The summed E-state index contributed by atoms with van der Waals surface area (Å²) >= 11 is 0. The van der Waals surface area contributed by atoms with Gasteiger partial charge in [0.05, 0.1) is 0 Å². The first-order valence-corrected chi connectivity index (χ1v) is 11.7. The van der Waals surface area contributed by atoms with E-state index >= 15 is 0 Å². The number of aliphatic hydroxyl groups excluding tert-OH is 1. The van der Waals surface area contributed by atoms with E-state index in [0.717, 1.165) is 44.4 Å². The molecule has 32 heavy (non-hydrogen) atoms. The fourth-order valence-electron chi connectivity index (χ4n) is 4.79. The van der Waals surface area contributed by atoms with Gasteiger partial charge in [0.2, 0.25) is 0 Å². The smallest absolute Gasteiger partial charge is 0.119 e. The maximum Gasteiger partial charge on any atom is 0.119 e. The quantitative estimate of drug-likeness (QED) is 0.567. The number of halogens is 2. The Morgan fingerprint density at radius 3 is 2.09 bits per heavy atom. The standard InChI is InChI=1S/C26H36N2O2.2ClH/c29-25(20-28-17-15-27(16-18-28)19-22-7-3-1-4-8-22)21-30-26-13-11-24(12-14-26)23-9-5-2-6-10-23;;/h1,3-4,7-8,11-14,23,25,29H,2,5-6,9-10,15-21H2;2*1H. The Hall–Kier alpha value is -1.30. The van der Waals surface area contributed by atoms with Gasteiger partial charge in [0, 0.05) is 39.3 Å². The predicted molar refractivity (Wildman–Crippen MR) is 136 cm³/mol. The first-order valence-electron chi connectivity index (χ1n) is 11.7. The van der Waals surface area contributed by atoms with Gasteiger partial charge in [-0.05, 0) is 42.0 Å². The van der Waals surface area contributed by atoms with Crippen molar-refractivity contribution in [3.8, 4) is 5.75 Å². The van der Waals surface area contributed by atoms with E-state index in [-0.39, 0.29) is 24.8 Å². The minimum absolute atomic E-state index is 0. The Morgan fingerprint density at radius 1 is 0.812 bits per heavy atom. The number of ether oxygens (including phenoxy) is 1. The predicted octanol–water partition coefficient (Wildman–Crippen LogP) is 5.14. The van der Waals surface area contributed by atoms with E-state index in [1.807, 2.05) is 0 Å². The molecular formula is C26H38Cl2N2O2. The zero-order chi connectivity index (χ0) is 20.6. The van der Waals surface area contributed by atoms with Gasteiger partial charge in [-0.3, -0.25) is 9.80 Å². The third-order valence-electron chi connectivity index (χ3n) is 6.58. The van der Waals surface area contributed by atoms with Crippen LogP contribution in [0.15, 0.2) is 54.6 Å². The molecule has 178 valence electrons. The first-order chi connectivity index (χ1) is 14.8. The summed E-state index contributed by atoms with van der Waals surface area (Å²) in [6, 6.07) is 19.2. The molecule has 1 saturated heterocycles. The topological polar surface area (TPSA) is 35.9 Å². The molecule has 2 fully saturated rings. The Bertz CT molecular complexity index is 746. The number of β-amino-alcohol motifs (C(OH)–C–C–N with tert-alkyl or cyclic N) is 1. The number of hydrogen-bond donors (Lipinski definition) is 1. The maximum atomic E-state index is 10.4. The van der Waals surface area contributed by atoms with E-state index in [4.69, 9.17) is 4.74 Å². The van der Waals surface area contributed by atoms with Gasteiger partial charge >= 0.3 is 0 Å². The van der Waals surface area contributed by atoms with Crippen molar-refractivity contribution in [1.29, 1.82) is 0 Å². The Morgan fingerprint density at radius 2 is 1.44 bits per heavy atom. The van der Waals surface area contributed by atoms with Gasteiger partial charge in [0.1, 0.15) is 18.5 Å². The maximum absolute atomic E-state index is 10.4. The van der Waals surface area contributed by atoms with Gasteiger partial charge in [0.25, 0.3) is 0 Å². The van der Waals surface area contributed by atoms with Crippen LogP contribution in [0.4, 0.5) is 0 Å². The van der Waals surface area contributed by atoms with Crippen LogP contribution in [-0.2, 0) is 6.54 Å². The van der Waals surface area contributed by atoms with Crippen molar-refractivity contribution in [3.63, 3.8) is 0 Å². The van der Waals surface area contributed by atoms with Gasteiger partial charge in [0.15, 0.2) is 0 Å². The number of nitrogens with zero attached hydrogens (tertiary/aromatic N) is 2. The molecule has 0 spiro atoms. The van der Waals surface area contributed by atoms with Crippen LogP contribution in [-0.4, -0.2) is 60.3 Å². The van der Waals surface area contributed by atoms with Crippen molar-refractivity contribution >= 4 is 24.8 Å². The van der Waals surface area contributed by atoms with Crippen LogP contribution in [0, 0.1) is 0 Å². The second-order valence-corrected chi connectivity index (χ2v) is 8.93. The Kier molecular flexibility index (Phi) is 11.8. The van der Waals surface area contributed by atoms with E-state index in [9.17, 15) is 5.11 Å². The number of hydrogen-bond acceptors (Lipinski definition) is 4. The van der Waals surface area contributed by atoms with Crippen molar-refractivity contribution in [2.45, 2.75) is 50.7 Å².